The quantitative estimate of drug-likeness (QED) is 0.727. The van der Waals surface area contributed by atoms with Crippen LogP contribution in [0.1, 0.15) is 13.3 Å². The summed E-state index contributed by atoms with van der Waals surface area (Å²) in [6.45, 7) is 4.01. The molecule has 2 N–H and O–H groups in total. The highest BCUT2D eigenvalue weighted by Gasteiger charge is 2.24. The summed E-state index contributed by atoms with van der Waals surface area (Å²) in [5, 5.41) is 15.6. The lowest BCUT2D eigenvalue weighted by molar-refractivity contribution is 0.377. The molecule has 3 rings (SSSR count). The largest absolute Gasteiger partial charge is 0.354 e. The Hall–Kier alpha value is -1.76. The molecule has 17 heavy (non-hydrogen) atoms. The van der Waals surface area contributed by atoms with Gasteiger partial charge in [0.05, 0.1) is 0 Å². The number of aromatic nitrogens is 5. The first-order valence-electron chi connectivity index (χ1n) is 5.80. The van der Waals surface area contributed by atoms with Crippen molar-refractivity contribution >= 4 is 11.5 Å². The van der Waals surface area contributed by atoms with E-state index in [1.54, 1.807) is 0 Å². The van der Waals surface area contributed by atoms with Crippen molar-refractivity contribution in [1.82, 2.24) is 25.3 Å². The zero-order valence-corrected chi connectivity index (χ0v) is 9.69. The van der Waals surface area contributed by atoms with Gasteiger partial charge < -0.3 is 10.6 Å². The van der Waals surface area contributed by atoms with Gasteiger partial charge in [0.25, 0.3) is 0 Å². The summed E-state index contributed by atoms with van der Waals surface area (Å²) in [4.78, 5) is 2.19. The Bertz CT molecular complexity index is 522. The van der Waals surface area contributed by atoms with Crippen LogP contribution in [0.3, 0.4) is 0 Å². The lowest BCUT2D eigenvalue weighted by atomic mass is 9.94. The van der Waals surface area contributed by atoms with Gasteiger partial charge in [0.1, 0.15) is 0 Å². The molecule has 0 spiro atoms. The second-order valence-corrected chi connectivity index (χ2v) is 4.59. The smallest absolute Gasteiger partial charge is 0.200 e. The molecule has 1 aliphatic rings. The Kier molecular flexibility index (Phi) is 2.40. The number of rotatable bonds is 1. The summed E-state index contributed by atoms with van der Waals surface area (Å²) >= 11 is 0. The molecular weight excluding hydrogens is 218 g/mol. The molecule has 0 aliphatic carbocycles. The fourth-order valence-corrected chi connectivity index (χ4v) is 2.12. The first-order valence-corrected chi connectivity index (χ1v) is 5.80. The van der Waals surface area contributed by atoms with E-state index >= 15 is 0 Å². The van der Waals surface area contributed by atoms with E-state index < -0.39 is 0 Å². The van der Waals surface area contributed by atoms with E-state index in [9.17, 15) is 0 Å². The molecule has 0 saturated carbocycles. The summed E-state index contributed by atoms with van der Waals surface area (Å²) < 4.78 is 1.44. The van der Waals surface area contributed by atoms with E-state index in [1.807, 2.05) is 12.1 Å². The normalized spacial score (nSPS) is 25.4. The Labute approximate surface area is 98.6 Å². The number of tetrazole rings is 1. The van der Waals surface area contributed by atoms with Gasteiger partial charge >= 0.3 is 0 Å². The van der Waals surface area contributed by atoms with Crippen LogP contribution in [-0.4, -0.2) is 44.4 Å². The first kappa shape index (κ1) is 10.4. The maximum atomic E-state index is 6.08. The molecule has 0 bridgehead atoms. The van der Waals surface area contributed by atoms with Crippen molar-refractivity contribution in [2.45, 2.75) is 19.4 Å². The van der Waals surface area contributed by atoms with Crippen molar-refractivity contribution < 1.29 is 0 Å². The minimum atomic E-state index is 0.204. The summed E-state index contributed by atoms with van der Waals surface area (Å²) in [5.41, 5.74) is 6.74. The lowest BCUT2D eigenvalue weighted by Crippen LogP contribution is -2.48. The van der Waals surface area contributed by atoms with Crippen LogP contribution in [0.15, 0.2) is 12.1 Å². The number of nitrogens with two attached hydrogens (primary N) is 1. The predicted octanol–water partition coefficient (Wildman–Crippen LogP) is -0.307. The molecule has 1 saturated heterocycles. The van der Waals surface area contributed by atoms with E-state index in [-0.39, 0.29) is 6.04 Å². The van der Waals surface area contributed by atoms with Crippen molar-refractivity contribution in [2.75, 3.05) is 18.0 Å². The Morgan fingerprint density at radius 1 is 1.41 bits per heavy atom. The average Bonchev–Trinajstić information content (AvgIpc) is 2.79. The van der Waals surface area contributed by atoms with Crippen LogP contribution in [0, 0.1) is 5.92 Å². The third-order valence-corrected chi connectivity index (χ3v) is 3.40. The molecule has 3 heterocycles. The SMILES string of the molecule is CC1CCN(c2ccc3nnnn3n2)CC1N. The Morgan fingerprint density at radius 2 is 2.29 bits per heavy atom. The zero-order valence-electron chi connectivity index (χ0n) is 9.69. The average molecular weight is 233 g/mol. The van der Waals surface area contributed by atoms with E-state index in [2.05, 4.69) is 32.4 Å². The van der Waals surface area contributed by atoms with Crippen molar-refractivity contribution in [1.29, 1.82) is 0 Å². The van der Waals surface area contributed by atoms with Crippen LogP contribution in [0.4, 0.5) is 5.82 Å². The number of hydrogen-bond acceptors (Lipinski definition) is 6. The van der Waals surface area contributed by atoms with E-state index in [1.165, 1.54) is 4.63 Å². The Balaban J connectivity index is 1.88. The van der Waals surface area contributed by atoms with Crippen LogP contribution < -0.4 is 10.6 Å². The van der Waals surface area contributed by atoms with E-state index in [0.717, 1.165) is 25.3 Å². The van der Waals surface area contributed by atoms with Gasteiger partial charge in [0.2, 0.25) is 0 Å². The molecule has 2 aromatic rings. The summed E-state index contributed by atoms with van der Waals surface area (Å²) in [5.74, 6) is 1.45. The first-order chi connectivity index (χ1) is 8.24. The van der Waals surface area contributed by atoms with Gasteiger partial charge in [0, 0.05) is 19.1 Å². The molecule has 0 radical (unpaired) electrons. The minimum Gasteiger partial charge on any atom is -0.354 e. The van der Waals surface area contributed by atoms with Crippen LogP contribution in [0.2, 0.25) is 0 Å². The number of hydrogen-bond donors (Lipinski definition) is 1. The highest BCUT2D eigenvalue weighted by atomic mass is 15.6. The van der Waals surface area contributed by atoms with E-state index in [0.29, 0.717) is 11.6 Å². The highest BCUT2D eigenvalue weighted by molar-refractivity contribution is 5.44. The lowest BCUT2D eigenvalue weighted by Gasteiger charge is -2.35. The van der Waals surface area contributed by atoms with Crippen LogP contribution >= 0.6 is 0 Å². The van der Waals surface area contributed by atoms with Crippen molar-refractivity contribution in [3.05, 3.63) is 12.1 Å². The van der Waals surface area contributed by atoms with Gasteiger partial charge in [-0.2, -0.15) is 0 Å². The molecular formula is C10H15N7. The van der Waals surface area contributed by atoms with Crippen molar-refractivity contribution in [2.24, 2.45) is 11.7 Å². The molecule has 0 aromatic carbocycles. The van der Waals surface area contributed by atoms with Crippen LogP contribution in [-0.2, 0) is 0 Å². The van der Waals surface area contributed by atoms with Gasteiger partial charge in [0.15, 0.2) is 11.5 Å². The summed E-state index contributed by atoms with van der Waals surface area (Å²) in [7, 11) is 0. The zero-order chi connectivity index (χ0) is 11.8. The molecule has 0 amide bonds. The molecule has 1 fully saturated rings. The number of anilines is 1. The molecule has 7 heteroatoms. The molecule has 2 atom stereocenters. The van der Waals surface area contributed by atoms with Crippen molar-refractivity contribution in [3.8, 4) is 0 Å². The van der Waals surface area contributed by atoms with Crippen LogP contribution in [0.5, 0.6) is 0 Å². The van der Waals surface area contributed by atoms with Gasteiger partial charge in [-0.3, -0.25) is 0 Å². The second kappa shape index (κ2) is 3.92. The third kappa shape index (κ3) is 1.82. The highest BCUT2D eigenvalue weighted by Crippen LogP contribution is 2.20. The monoisotopic (exact) mass is 233 g/mol. The second-order valence-electron chi connectivity index (χ2n) is 4.59. The maximum Gasteiger partial charge on any atom is 0.200 e. The van der Waals surface area contributed by atoms with Gasteiger partial charge in [-0.15, -0.1) is 14.8 Å². The summed E-state index contributed by atoms with van der Waals surface area (Å²) in [6, 6.07) is 4.01. The molecule has 2 unspecified atom stereocenters. The summed E-state index contributed by atoms with van der Waals surface area (Å²) in [6.07, 6.45) is 1.09. The fourth-order valence-electron chi connectivity index (χ4n) is 2.12. The Morgan fingerprint density at radius 3 is 3.12 bits per heavy atom. The predicted molar refractivity (Wildman–Crippen MR) is 62.5 cm³/mol. The third-order valence-electron chi connectivity index (χ3n) is 3.40. The van der Waals surface area contributed by atoms with Gasteiger partial charge in [-0.05, 0) is 34.9 Å². The number of fused-ring (bicyclic) bond motifs is 1. The van der Waals surface area contributed by atoms with Gasteiger partial charge in [-0.1, -0.05) is 6.92 Å². The number of nitrogens with zero attached hydrogens (tertiary/aromatic N) is 6. The fraction of sp³-hybridized carbons (Fsp3) is 0.600. The molecule has 90 valence electrons. The molecule has 7 nitrogen and oxygen atoms in total. The van der Waals surface area contributed by atoms with E-state index in [4.69, 9.17) is 5.73 Å². The standard InChI is InChI=1S/C10H15N7/c1-7-4-5-16(6-8(7)11)10-3-2-9-12-14-15-17(9)13-10/h2-3,7-8H,4-6,11H2,1H3. The van der Waals surface area contributed by atoms with Crippen LogP contribution in [0.25, 0.3) is 5.65 Å². The van der Waals surface area contributed by atoms with Crippen molar-refractivity contribution in [3.63, 3.8) is 0 Å². The molecule has 1 aliphatic heterocycles. The maximum absolute atomic E-state index is 6.08. The number of piperidine rings is 1. The molecule has 2 aromatic heterocycles. The topological polar surface area (TPSA) is 85.2 Å². The minimum absolute atomic E-state index is 0.204. The van der Waals surface area contributed by atoms with Gasteiger partial charge in [-0.25, -0.2) is 0 Å².